The Bertz CT molecular complexity index is 1110. The SMILES string of the molecule is CC.CC.CC.CCCc1cc(-c2ccc(C(=N)N)cc2)ccc1OCC.CCOc1cccc(OC2CCCCO2)c1. The number of ether oxygens (including phenoxy) is 4. The summed E-state index contributed by atoms with van der Waals surface area (Å²) in [7, 11) is 0. The molecule has 1 fully saturated rings. The highest BCUT2D eigenvalue weighted by atomic mass is 16.7. The molecule has 6 heteroatoms. The molecule has 0 amide bonds. The normalized spacial score (nSPS) is 13.1. The van der Waals surface area contributed by atoms with Gasteiger partial charge in [0.05, 0.1) is 19.8 Å². The fraction of sp³-hybridized carbons (Fsp3) is 0.486. The number of hydrogen-bond acceptors (Lipinski definition) is 5. The van der Waals surface area contributed by atoms with Crippen LogP contribution in [0.5, 0.6) is 17.2 Å². The van der Waals surface area contributed by atoms with Crippen molar-refractivity contribution >= 4 is 5.84 Å². The molecule has 1 aliphatic heterocycles. The molecular weight excluding hydrogens is 536 g/mol. The van der Waals surface area contributed by atoms with Crippen molar-refractivity contribution in [3.8, 4) is 28.4 Å². The molecule has 43 heavy (non-hydrogen) atoms. The lowest BCUT2D eigenvalue weighted by Crippen LogP contribution is -2.24. The monoisotopic (exact) mass is 594 g/mol. The molecule has 0 spiro atoms. The van der Waals surface area contributed by atoms with E-state index in [0.717, 1.165) is 66.2 Å². The van der Waals surface area contributed by atoms with Gasteiger partial charge < -0.3 is 24.7 Å². The molecule has 0 radical (unpaired) electrons. The van der Waals surface area contributed by atoms with Crippen molar-refractivity contribution in [3.05, 3.63) is 77.9 Å². The van der Waals surface area contributed by atoms with Crippen molar-refractivity contribution in [2.24, 2.45) is 5.73 Å². The Labute approximate surface area is 262 Å². The molecule has 1 atom stereocenters. The third-order valence-electron chi connectivity index (χ3n) is 5.93. The molecule has 0 saturated carbocycles. The van der Waals surface area contributed by atoms with Crippen LogP contribution in [0, 0.1) is 5.41 Å². The molecule has 0 bridgehead atoms. The van der Waals surface area contributed by atoms with Crippen LogP contribution in [0.3, 0.4) is 0 Å². The van der Waals surface area contributed by atoms with Gasteiger partial charge in [-0.05, 0) is 74.1 Å². The molecule has 4 rings (SSSR count). The third-order valence-corrected chi connectivity index (χ3v) is 5.93. The van der Waals surface area contributed by atoms with Gasteiger partial charge in [-0.3, -0.25) is 5.41 Å². The standard InChI is InChI=1S/C18H22N2O.C13H18O3.3C2H6/c1-3-5-16-12-15(10-11-17(16)21-4-2)13-6-8-14(9-7-13)18(19)20;1-2-14-11-6-5-7-12(10-11)16-13-8-3-4-9-15-13;3*1-2/h6-12H,3-5H2,1-2H3,(H3,19,20);5-7,10,13H,2-4,8-9H2,1H3;3*1-2H3. The van der Waals surface area contributed by atoms with Gasteiger partial charge in [0.2, 0.25) is 0 Å². The van der Waals surface area contributed by atoms with E-state index >= 15 is 0 Å². The van der Waals surface area contributed by atoms with Crippen LogP contribution in [0.4, 0.5) is 0 Å². The van der Waals surface area contributed by atoms with Gasteiger partial charge in [0, 0.05) is 18.1 Å². The first-order chi connectivity index (χ1) is 21.0. The van der Waals surface area contributed by atoms with E-state index in [1.54, 1.807) is 0 Å². The lowest BCUT2D eigenvalue weighted by Gasteiger charge is -2.23. The van der Waals surface area contributed by atoms with Crippen molar-refractivity contribution in [2.45, 2.75) is 101 Å². The number of benzene rings is 3. The molecule has 6 nitrogen and oxygen atoms in total. The van der Waals surface area contributed by atoms with E-state index in [1.807, 2.05) is 110 Å². The van der Waals surface area contributed by atoms with Crippen molar-refractivity contribution < 1.29 is 18.9 Å². The maximum atomic E-state index is 7.43. The predicted octanol–water partition coefficient (Wildman–Crippen LogP) is 10.1. The second-order valence-electron chi connectivity index (χ2n) is 8.82. The minimum atomic E-state index is -0.0920. The Balaban J connectivity index is 0.000000715. The summed E-state index contributed by atoms with van der Waals surface area (Å²) < 4.78 is 22.4. The second kappa shape index (κ2) is 25.0. The van der Waals surface area contributed by atoms with Gasteiger partial charge in [-0.15, -0.1) is 0 Å². The van der Waals surface area contributed by atoms with Crippen LogP contribution >= 0.6 is 0 Å². The smallest absolute Gasteiger partial charge is 0.199 e. The summed E-state index contributed by atoms with van der Waals surface area (Å²) >= 11 is 0. The Hall–Kier alpha value is -3.51. The lowest BCUT2D eigenvalue weighted by atomic mass is 9.99. The molecule has 0 aliphatic carbocycles. The topological polar surface area (TPSA) is 86.8 Å². The summed E-state index contributed by atoms with van der Waals surface area (Å²) in [6.07, 6.45) is 5.29. The Morgan fingerprint density at radius 2 is 1.42 bits per heavy atom. The van der Waals surface area contributed by atoms with Crippen LogP contribution in [0.15, 0.2) is 66.7 Å². The van der Waals surface area contributed by atoms with Gasteiger partial charge in [-0.1, -0.05) is 91.3 Å². The number of hydrogen-bond donors (Lipinski definition) is 2. The number of nitrogen functional groups attached to an aromatic ring is 1. The lowest BCUT2D eigenvalue weighted by molar-refractivity contribution is -0.105. The van der Waals surface area contributed by atoms with Crippen LogP contribution in [0.2, 0.25) is 0 Å². The zero-order chi connectivity index (χ0) is 32.5. The summed E-state index contributed by atoms with van der Waals surface area (Å²) in [5.74, 6) is 2.73. The van der Waals surface area contributed by atoms with Crippen LogP contribution in [-0.4, -0.2) is 31.9 Å². The Kier molecular flexibility index (Phi) is 23.0. The first-order valence-electron chi connectivity index (χ1n) is 16.3. The van der Waals surface area contributed by atoms with Crippen LogP contribution in [-0.2, 0) is 11.2 Å². The minimum absolute atomic E-state index is 0.0920. The first-order valence-corrected chi connectivity index (χ1v) is 16.3. The summed E-state index contributed by atoms with van der Waals surface area (Å²) in [6, 6.07) is 21.8. The molecule has 1 aliphatic rings. The number of nitrogens with one attached hydrogen (secondary N) is 1. The molecule has 3 aromatic carbocycles. The van der Waals surface area contributed by atoms with Crippen LogP contribution in [0.25, 0.3) is 11.1 Å². The highest BCUT2D eigenvalue weighted by Crippen LogP contribution is 2.28. The van der Waals surface area contributed by atoms with Gasteiger partial charge in [-0.25, -0.2) is 0 Å². The first kappa shape index (κ1) is 39.5. The summed E-state index contributed by atoms with van der Waals surface area (Å²) in [5.41, 5.74) is 9.77. The average Bonchev–Trinajstić information content (AvgIpc) is 3.06. The number of nitrogens with two attached hydrogens (primary N) is 1. The third kappa shape index (κ3) is 15.0. The molecular formula is C37H58N2O4. The number of aryl methyl sites for hydroxylation is 1. The van der Waals surface area contributed by atoms with Gasteiger partial charge in [0.15, 0.2) is 6.29 Å². The van der Waals surface area contributed by atoms with Crippen molar-refractivity contribution in [1.29, 1.82) is 5.41 Å². The summed E-state index contributed by atoms with van der Waals surface area (Å²) in [5, 5.41) is 7.43. The van der Waals surface area contributed by atoms with E-state index in [1.165, 1.54) is 12.0 Å². The number of rotatable bonds is 10. The molecule has 0 aromatic heterocycles. The largest absolute Gasteiger partial charge is 0.494 e. The Morgan fingerprint density at radius 3 is 1.98 bits per heavy atom. The maximum absolute atomic E-state index is 7.43. The fourth-order valence-electron chi connectivity index (χ4n) is 4.12. The molecule has 1 unspecified atom stereocenters. The highest BCUT2D eigenvalue weighted by Gasteiger charge is 2.15. The van der Waals surface area contributed by atoms with Gasteiger partial charge in [0.25, 0.3) is 0 Å². The quantitative estimate of drug-likeness (QED) is 0.180. The molecule has 3 aromatic rings. The van der Waals surface area contributed by atoms with Crippen molar-refractivity contribution in [2.75, 3.05) is 19.8 Å². The van der Waals surface area contributed by atoms with E-state index in [-0.39, 0.29) is 12.1 Å². The predicted molar refractivity (Wildman–Crippen MR) is 184 cm³/mol. The molecule has 3 N–H and O–H groups in total. The second-order valence-corrected chi connectivity index (χ2v) is 8.82. The summed E-state index contributed by atoms with van der Waals surface area (Å²) in [4.78, 5) is 0. The van der Waals surface area contributed by atoms with Gasteiger partial charge in [0.1, 0.15) is 23.1 Å². The fourth-order valence-corrected chi connectivity index (χ4v) is 4.12. The minimum Gasteiger partial charge on any atom is -0.494 e. The van der Waals surface area contributed by atoms with E-state index in [0.29, 0.717) is 13.2 Å². The number of amidine groups is 1. The summed E-state index contributed by atoms with van der Waals surface area (Å²) in [6.45, 7) is 20.3. The zero-order valence-electron chi connectivity index (χ0n) is 28.3. The molecule has 240 valence electrons. The van der Waals surface area contributed by atoms with Crippen LogP contribution < -0.4 is 19.9 Å². The van der Waals surface area contributed by atoms with E-state index in [4.69, 9.17) is 30.1 Å². The van der Waals surface area contributed by atoms with Crippen LogP contribution in [0.1, 0.15) is 99.1 Å². The van der Waals surface area contributed by atoms with Gasteiger partial charge >= 0.3 is 0 Å². The zero-order valence-corrected chi connectivity index (χ0v) is 28.3. The molecule has 1 saturated heterocycles. The van der Waals surface area contributed by atoms with Gasteiger partial charge in [-0.2, -0.15) is 0 Å². The van der Waals surface area contributed by atoms with E-state index < -0.39 is 0 Å². The van der Waals surface area contributed by atoms with E-state index in [9.17, 15) is 0 Å². The molecule has 1 heterocycles. The maximum Gasteiger partial charge on any atom is 0.199 e. The van der Waals surface area contributed by atoms with Crippen molar-refractivity contribution in [3.63, 3.8) is 0 Å². The average molecular weight is 595 g/mol. The Morgan fingerprint density at radius 1 is 0.791 bits per heavy atom. The van der Waals surface area contributed by atoms with Crippen molar-refractivity contribution in [1.82, 2.24) is 0 Å². The van der Waals surface area contributed by atoms with E-state index in [2.05, 4.69) is 19.1 Å². The highest BCUT2D eigenvalue weighted by molar-refractivity contribution is 5.95.